The lowest BCUT2D eigenvalue weighted by atomic mass is 10.1. The average molecular weight is 225 g/mol. The highest BCUT2D eigenvalue weighted by Gasteiger charge is 2.08. The second kappa shape index (κ2) is 6.15. The van der Waals surface area contributed by atoms with E-state index in [9.17, 15) is 4.79 Å². The zero-order valence-electron chi connectivity index (χ0n) is 10.1. The number of nitrogens with zero attached hydrogens (tertiary/aromatic N) is 1. The highest BCUT2D eigenvalue weighted by atomic mass is 16.5. The van der Waals surface area contributed by atoms with E-state index in [1.807, 2.05) is 20.8 Å². The molecule has 0 aliphatic carbocycles. The zero-order chi connectivity index (χ0) is 12.0. The standard InChI is InChI=1S/C11H19N3O2/c1-4-6-12-11(15)13-7-5-10-8(2)14-16-9(10)3/h4-7H2,1-3H3,(H2,12,13,15). The Morgan fingerprint density at radius 3 is 2.56 bits per heavy atom. The van der Waals surface area contributed by atoms with Gasteiger partial charge in [-0.05, 0) is 26.7 Å². The first kappa shape index (κ1) is 12.5. The molecule has 0 radical (unpaired) electrons. The predicted octanol–water partition coefficient (Wildman–Crippen LogP) is 1.54. The van der Waals surface area contributed by atoms with Crippen LogP contribution in [0.1, 0.15) is 30.4 Å². The van der Waals surface area contributed by atoms with Crippen molar-refractivity contribution < 1.29 is 9.32 Å². The first-order valence-electron chi connectivity index (χ1n) is 5.58. The summed E-state index contributed by atoms with van der Waals surface area (Å²) in [7, 11) is 0. The summed E-state index contributed by atoms with van der Waals surface area (Å²) >= 11 is 0. The van der Waals surface area contributed by atoms with Crippen molar-refractivity contribution in [3.8, 4) is 0 Å². The Hall–Kier alpha value is -1.52. The smallest absolute Gasteiger partial charge is 0.314 e. The van der Waals surface area contributed by atoms with Gasteiger partial charge in [0.05, 0.1) is 5.69 Å². The molecule has 5 heteroatoms. The molecule has 1 aromatic heterocycles. The SMILES string of the molecule is CCCNC(=O)NCCc1c(C)noc1C. The van der Waals surface area contributed by atoms with Gasteiger partial charge in [0.15, 0.2) is 0 Å². The van der Waals surface area contributed by atoms with E-state index in [0.717, 1.165) is 29.9 Å². The quantitative estimate of drug-likeness (QED) is 0.798. The lowest BCUT2D eigenvalue weighted by Crippen LogP contribution is -2.36. The van der Waals surface area contributed by atoms with E-state index in [1.54, 1.807) is 0 Å². The van der Waals surface area contributed by atoms with Gasteiger partial charge in [-0.15, -0.1) is 0 Å². The number of rotatable bonds is 5. The van der Waals surface area contributed by atoms with E-state index in [2.05, 4.69) is 15.8 Å². The molecule has 1 rings (SSSR count). The van der Waals surface area contributed by atoms with Crippen molar-refractivity contribution in [2.24, 2.45) is 0 Å². The van der Waals surface area contributed by atoms with Crippen molar-refractivity contribution >= 4 is 6.03 Å². The topological polar surface area (TPSA) is 67.2 Å². The molecule has 0 saturated heterocycles. The molecule has 5 nitrogen and oxygen atoms in total. The third kappa shape index (κ3) is 3.56. The maximum absolute atomic E-state index is 11.2. The van der Waals surface area contributed by atoms with E-state index >= 15 is 0 Å². The maximum Gasteiger partial charge on any atom is 0.314 e. The van der Waals surface area contributed by atoms with Gasteiger partial charge in [-0.2, -0.15) is 0 Å². The Morgan fingerprint density at radius 1 is 1.31 bits per heavy atom. The number of aromatic nitrogens is 1. The molecule has 0 aromatic carbocycles. The summed E-state index contributed by atoms with van der Waals surface area (Å²) in [5.74, 6) is 0.827. The zero-order valence-corrected chi connectivity index (χ0v) is 10.1. The van der Waals surface area contributed by atoms with Gasteiger partial charge in [-0.3, -0.25) is 0 Å². The Kier molecular flexibility index (Phi) is 4.82. The fourth-order valence-corrected chi connectivity index (χ4v) is 1.46. The summed E-state index contributed by atoms with van der Waals surface area (Å²) in [4.78, 5) is 11.2. The molecule has 0 bridgehead atoms. The van der Waals surface area contributed by atoms with Crippen LogP contribution >= 0.6 is 0 Å². The van der Waals surface area contributed by atoms with E-state index in [1.165, 1.54) is 0 Å². The molecule has 0 aliphatic heterocycles. The molecule has 90 valence electrons. The minimum Gasteiger partial charge on any atom is -0.361 e. The van der Waals surface area contributed by atoms with Crippen LogP contribution in [0.3, 0.4) is 0 Å². The normalized spacial score (nSPS) is 10.2. The molecular weight excluding hydrogens is 206 g/mol. The lowest BCUT2D eigenvalue weighted by molar-refractivity contribution is 0.241. The number of nitrogens with one attached hydrogen (secondary N) is 2. The number of hydrogen-bond donors (Lipinski definition) is 2. The molecular formula is C11H19N3O2. The third-order valence-corrected chi connectivity index (χ3v) is 2.38. The largest absolute Gasteiger partial charge is 0.361 e. The number of aryl methyl sites for hydroxylation is 2. The molecule has 0 spiro atoms. The van der Waals surface area contributed by atoms with E-state index in [-0.39, 0.29) is 6.03 Å². The van der Waals surface area contributed by atoms with Crippen molar-refractivity contribution in [2.75, 3.05) is 13.1 Å². The minimum absolute atomic E-state index is 0.117. The lowest BCUT2D eigenvalue weighted by Gasteiger charge is -2.06. The van der Waals surface area contributed by atoms with Crippen molar-refractivity contribution in [1.82, 2.24) is 15.8 Å². The maximum atomic E-state index is 11.2. The molecule has 0 fully saturated rings. The second-order valence-corrected chi connectivity index (χ2v) is 3.74. The summed E-state index contributed by atoms with van der Waals surface area (Å²) in [6.07, 6.45) is 1.69. The van der Waals surface area contributed by atoms with Crippen LogP contribution in [0.4, 0.5) is 4.79 Å². The summed E-state index contributed by atoms with van der Waals surface area (Å²) in [6, 6.07) is -0.117. The molecule has 0 aliphatic rings. The summed E-state index contributed by atoms with van der Waals surface area (Å²) < 4.78 is 5.04. The number of amides is 2. The number of carbonyl (C=O) groups is 1. The van der Waals surface area contributed by atoms with Gasteiger partial charge in [-0.25, -0.2) is 4.79 Å². The van der Waals surface area contributed by atoms with Crippen molar-refractivity contribution in [1.29, 1.82) is 0 Å². The van der Waals surface area contributed by atoms with E-state index in [0.29, 0.717) is 13.1 Å². The average Bonchev–Trinajstić information content (AvgIpc) is 2.57. The van der Waals surface area contributed by atoms with Gasteiger partial charge in [0.25, 0.3) is 0 Å². The van der Waals surface area contributed by atoms with Gasteiger partial charge in [0, 0.05) is 18.7 Å². The van der Waals surface area contributed by atoms with E-state index in [4.69, 9.17) is 4.52 Å². The molecule has 2 N–H and O–H groups in total. The Labute approximate surface area is 95.6 Å². The van der Waals surface area contributed by atoms with Crippen LogP contribution in [0.5, 0.6) is 0 Å². The Bertz CT molecular complexity index is 327. The minimum atomic E-state index is -0.117. The Balaban J connectivity index is 2.28. The van der Waals surface area contributed by atoms with Gasteiger partial charge in [0.2, 0.25) is 0 Å². The third-order valence-electron chi connectivity index (χ3n) is 2.38. The highest BCUT2D eigenvalue weighted by molar-refractivity contribution is 5.73. The van der Waals surface area contributed by atoms with Crippen LogP contribution in [-0.2, 0) is 6.42 Å². The molecule has 1 aromatic rings. The highest BCUT2D eigenvalue weighted by Crippen LogP contribution is 2.11. The molecule has 0 unspecified atom stereocenters. The Morgan fingerprint density at radius 2 is 2.00 bits per heavy atom. The van der Waals surface area contributed by atoms with Crippen LogP contribution in [-0.4, -0.2) is 24.3 Å². The van der Waals surface area contributed by atoms with E-state index < -0.39 is 0 Å². The molecule has 16 heavy (non-hydrogen) atoms. The van der Waals surface area contributed by atoms with Crippen molar-refractivity contribution in [3.05, 3.63) is 17.0 Å². The first-order chi connectivity index (χ1) is 7.65. The molecule has 0 saturated carbocycles. The second-order valence-electron chi connectivity index (χ2n) is 3.74. The molecule has 2 amide bonds. The summed E-state index contributed by atoms with van der Waals surface area (Å²) in [5, 5.41) is 9.40. The first-order valence-corrected chi connectivity index (χ1v) is 5.58. The van der Waals surface area contributed by atoms with Crippen LogP contribution in [0, 0.1) is 13.8 Å². The van der Waals surface area contributed by atoms with Gasteiger partial charge < -0.3 is 15.2 Å². The predicted molar refractivity (Wildman–Crippen MR) is 61.4 cm³/mol. The van der Waals surface area contributed by atoms with Crippen molar-refractivity contribution in [2.45, 2.75) is 33.6 Å². The van der Waals surface area contributed by atoms with Crippen LogP contribution in [0.15, 0.2) is 4.52 Å². The molecule has 1 heterocycles. The fraction of sp³-hybridized carbons (Fsp3) is 0.636. The number of hydrogen-bond acceptors (Lipinski definition) is 3. The summed E-state index contributed by atoms with van der Waals surface area (Å²) in [5.41, 5.74) is 1.98. The molecule has 0 atom stereocenters. The van der Waals surface area contributed by atoms with Gasteiger partial charge in [-0.1, -0.05) is 12.1 Å². The monoisotopic (exact) mass is 225 g/mol. The van der Waals surface area contributed by atoms with Crippen LogP contribution in [0.2, 0.25) is 0 Å². The van der Waals surface area contributed by atoms with Crippen LogP contribution < -0.4 is 10.6 Å². The number of carbonyl (C=O) groups excluding carboxylic acids is 1. The van der Waals surface area contributed by atoms with Gasteiger partial charge >= 0.3 is 6.03 Å². The van der Waals surface area contributed by atoms with Crippen molar-refractivity contribution in [3.63, 3.8) is 0 Å². The fourth-order valence-electron chi connectivity index (χ4n) is 1.46. The number of urea groups is 1. The van der Waals surface area contributed by atoms with Crippen LogP contribution in [0.25, 0.3) is 0 Å². The summed E-state index contributed by atoms with van der Waals surface area (Å²) in [6.45, 7) is 7.11. The van der Waals surface area contributed by atoms with Gasteiger partial charge in [0.1, 0.15) is 5.76 Å².